The van der Waals surface area contributed by atoms with E-state index in [0.29, 0.717) is 18.1 Å². The van der Waals surface area contributed by atoms with Gasteiger partial charge in [0, 0.05) is 6.54 Å². The van der Waals surface area contributed by atoms with Gasteiger partial charge in [-0.2, -0.15) is 4.98 Å². The molecule has 1 amide bonds. The number of fused-ring (bicyclic) bond motifs is 1. The molecule has 6 heteroatoms. The van der Waals surface area contributed by atoms with E-state index in [2.05, 4.69) is 22.2 Å². The standard InChI is InChI=1S/C9H11ClN4O/c1-2-3-14-5-7(15)12-6-4-11-9(10)13-8(6)14/h4H,2-3,5H2,1H3,(H,12,15). The number of nitrogens with zero attached hydrogens (tertiary/aromatic N) is 3. The fourth-order valence-corrected chi connectivity index (χ4v) is 1.70. The van der Waals surface area contributed by atoms with Crippen molar-refractivity contribution in [2.75, 3.05) is 23.3 Å². The Balaban J connectivity index is 2.38. The molecule has 2 heterocycles. The fourth-order valence-electron chi connectivity index (χ4n) is 1.57. The third-order valence-corrected chi connectivity index (χ3v) is 2.32. The van der Waals surface area contributed by atoms with E-state index in [-0.39, 0.29) is 11.2 Å². The zero-order valence-corrected chi connectivity index (χ0v) is 9.08. The summed E-state index contributed by atoms with van der Waals surface area (Å²) in [6.07, 6.45) is 2.48. The minimum Gasteiger partial charge on any atom is -0.345 e. The fraction of sp³-hybridized carbons (Fsp3) is 0.444. The number of hydrogen-bond donors (Lipinski definition) is 1. The highest BCUT2D eigenvalue weighted by atomic mass is 35.5. The maximum atomic E-state index is 11.4. The van der Waals surface area contributed by atoms with Crippen LogP contribution in [-0.4, -0.2) is 29.0 Å². The molecule has 0 aliphatic carbocycles. The molecule has 0 saturated carbocycles. The second kappa shape index (κ2) is 4.02. The van der Waals surface area contributed by atoms with Crippen molar-refractivity contribution in [2.45, 2.75) is 13.3 Å². The van der Waals surface area contributed by atoms with Gasteiger partial charge in [-0.25, -0.2) is 4.98 Å². The molecule has 1 aliphatic rings. The number of carbonyl (C=O) groups excluding carboxylic acids is 1. The van der Waals surface area contributed by atoms with Crippen molar-refractivity contribution in [1.29, 1.82) is 0 Å². The van der Waals surface area contributed by atoms with Gasteiger partial charge in [-0.1, -0.05) is 6.92 Å². The van der Waals surface area contributed by atoms with Crippen LogP contribution in [0, 0.1) is 0 Å². The summed E-state index contributed by atoms with van der Waals surface area (Å²) in [5, 5.41) is 2.91. The van der Waals surface area contributed by atoms with E-state index < -0.39 is 0 Å². The summed E-state index contributed by atoms with van der Waals surface area (Å²) in [5.41, 5.74) is 0.629. The van der Waals surface area contributed by atoms with Gasteiger partial charge in [-0.3, -0.25) is 4.79 Å². The molecular formula is C9H11ClN4O. The van der Waals surface area contributed by atoms with Crippen molar-refractivity contribution >= 4 is 29.0 Å². The highest BCUT2D eigenvalue weighted by molar-refractivity contribution is 6.28. The van der Waals surface area contributed by atoms with Crippen LogP contribution < -0.4 is 10.2 Å². The Labute approximate surface area is 92.5 Å². The third-order valence-electron chi connectivity index (χ3n) is 2.14. The van der Waals surface area contributed by atoms with Gasteiger partial charge in [0.2, 0.25) is 11.2 Å². The maximum absolute atomic E-state index is 11.4. The van der Waals surface area contributed by atoms with E-state index in [9.17, 15) is 4.79 Å². The predicted molar refractivity (Wildman–Crippen MR) is 58.2 cm³/mol. The zero-order chi connectivity index (χ0) is 10.8. The van der Waals surface area contributed by atoms with Gasteiger partial charge >= 0.3 is 0 Å². The Morgan fingerprint density at radius 1 is 1.67 bits per heavy atom. The van der Waals surface area contributed by atoms with Crippen LogP contribution in [0.15, 0.2) is 6.20 Å². The number of carbonyl (C=O) groups is 1. The highest BCUT2D eigenvalue weighted by Gasteiger charge is 2.23. The van der Waals surface area contributed by atoms with Crippen LogP contribution in [0.25, 0.3) is 0 Å². The lowest BCUT2D eigenvalue weighted by Gasteiger charge is -2.28. The molecule has 0 spiro atoms. The van der Waals surface area contributed by atoms with Crippen molar-refractivity contribution in [3.05, 3.63) is 11.5 Å². The van der Waals surface area contributed by atoms with Crippen molar-refractivity contribution in [3.63, 3.8) is 0 Å². The third kappa shape index (κ3) is 2.02. The van der Waals surface area contributed by atoms with Gasteiger partial charge < -0.3 is 10.2 Å². The summed E-state index contributed by atoms with van der Waals surface area (Å²) in [7, 11) is 0. The van der Waals surface area contributed by atoms with Gasteiger partial charge in [0.1, 0.15) is 5.69 Å². The van der Waals surface area contributed by atoms with Gasteiger partial charge in [-0.05, 0) is 18.0 Å². The lowest BCUT2D eigenvalue weighted by atomic mass is 10.3. The van der Waals surface area contributed by atoms with Crippen LogP contribution in [-0.2, 0) is 4.79 Å². The first-order chi connectivity index (χ1) is 7.20. The van der Waals surface area contributed by atoms with Crippen LogP contribution in [0.3, 0.4) is 0 Å². The molecule has 0 fully saturated rings. The quantitative estimate of drug-likeness (QED) is 0.773. The van der Waals surface area contributed by atoms with E-state index in [0.717, 1.165) is 13.0 Å². The number of halogens is 1. The summed E-state index contributed by atoms with van der Waals surface area (Å²) in [6.45, 7) is 3.16. The zero-order valence-electron chi connectivity index (χ0n) is 8.33. The molecule has 1 aliphatic heterocycles. The number of amides is 1. The summed E-state index contributed by atoms with van der Waals surface area (Å²) < 4.78 is 0. The largest absolute Gasteiger partial charge is 0.345 e. The number of hydrogen-bond acceptors (Lipinski definition) is 4. The topological polar surface area (TPSA) is 58.1 Å². The van der Waals surface area contributed by atoms with Gasteiger partial charge in [0.05, 0.1) is 12.7 Å². The SMILES string of the molecule is CCCN1CC(=O)Nc2cnc(Cl)nc21. The Bertz CT molecular complexity index is 396. The molecule has 0 radical (unpaired) electrons. The van der Waals surface area contributed by atoms with Crippen LogP contribution >= 0.6 is 11.6 Å². The van der Waals surface area contributed by atoms with Crippen LogP contribution in [0.4, 0.5) is 11.5 Å². The Morgan fingerprint density at radius 3 is 3.20 bits per heavy atom. The van der Waals surface area contributed by atoms with E-state index in [1.54, 1.807) is 0 Å². The van der Waals surface area contributed by atoms with E-state index >= 15 is 0 Å². The average Bonchev–Trinajstić information content (AvgIpc) is 2.19. The lowest BCUT2D eigenvalue weighted by molar-refractivity contribution is -0.115. The first-order valence-corrected chi connectivity index (χ1v) is 5.16. The molecule has 2 rings (SSSR count). The maximum Gasteiger partial charge on any atom is 0.244 e. The molecule has 15 heavy (non-hydrogen) atoms. The normalized spacial score (nSPS) is 14.8. The first-order valence-electron chi connectivity index (χ1n) is 4.78. The van der Waals surface area contributed by atoms with Crippen LogP contribution in [0.2, 0.25) is 5.28 Å². The molecule has 0 bridgehead atoms. The molecular weight excluding hydrogens is 216 g/mol. The van der Waals surface area contributed by atoms with Crippen molar-refractivity contribution in [1.82, 2.24) is 9.97 Å². The summed E-state index contributed by atoms with van der Waals surface area (Å²) >= 11 is 5.72. The minimum absolute atomic E-state index is 0.0399. The minimum atomic E-state index is -0.0399. The number of aromatic nitrogens is 2. The highest BCUT2D eigenvalue weighted by Crippen LogP contribution is 2.27. The molecule has 0 atom stereocenters. The van der Waals surface area contributed by atoms with E-state index in [1.165, 1.54) is 6.20 Å². The van der Waals surface area contributed by atoms with Gasteiger partial charge in [0.25, 0.3) is 0 Å². The van der Waals surface area contributed by atoms with Gasteiger partial charge in [0.15, 0.2) is 5.82 Å². The molecule has 0 saturated heterocycles. The van der Waals surface area contributed by atoms with E-state index in [1.807, 2.05) is 4.90 Å². The average molecular weight is 227 g/mol. The summed E-state index contributed by atoms with van der Waals surface area (Å²) in [6, 6.07) is 0. The Morgan fingerprint density at radius 2 is 2.47 bits per heavy atom. The van der Waals surface area contributed by atoms with Crippen molar-refractivity contribution < 1.29 is 4.79 Å². The number of nitrogens with one attached hydrogen (secondary N) is 1. The Hall–Kier alpha value is -1.36. The molecule has 80 valence electrons. The van der Waals surface area contributed by atoms with Crippen molar-refractivity contribution in [2.24, 2.45) is 0 Å². The molecule has 1 aromatic rings. The molecule has 1 N–H and O–H groups in total. The summed E-state index contributed by atoms with van der Waals surface area (Å²) in [4.78, 5) is 21.2. The first kappa shape index (κ1) is 10.2. The molecule has 0 unspecified atom stereocenters. The number of anilines is 2. The monoisotopic (exact) mass is 226 g/mol. The Kier molecular flexibility index (Phi) is 2.73. The van der Waals surface area contributed by atoms with Crippen molar-refractivity contribution in [3.8, 4) is 0 Å². The number of rotatable bonds is 2. The smallest absolute Gasteiger partial charge is 0.244 e. The van der Waals surface area contributed by atoms with E-state index in [4.69, 9.17) is 11.6 Å². The molecule has 0 aromatic carbocycles. The van der Waals surface area contributed by atoms with Crippen LogP contribution in [0.5, 0.6) is 0 Å². The lowest BCUT2D eigenvalue weighted by Crippen LogP contribution is -2.39. The molecule has 1 aromatic heterocycles. The molecule has 5 nitrogen and oxygen atoms in total. The second-order valence-corrected chi connectivity index (χ2v) is 3.68. The predicted octanol–water partition coefficient (Wildman–Crippen LogP) is 1.30. The summed E-state index contributed by atoms with van der Waals surface area (Å²) in [5.74, 6) is 0.665. The second-order valence-electron chi connectivity index (χ2n) is 3.35. The van der Waals surface area contributed by atoms with Gasteiger partial charge in [-0.15, -0.1) is 0 Å². The van der Waals surface area contributed by atoms with Crippen LogP contribution in [0.1, 0.15) is 13.3 Å².